The Bertz CT molecular complexity index is 880. The highest BCUT2D eigenvalue weighted by Gasteiger charge is 2.58. The summed E-state index contributed by atoms with van der Waals surface area (Å²) in [6.07, 6.45) is 5.75. The first-order chi connectivity index (χ1) is 14.6. The van der Waals surface area contributed by atoms with Crippen molar-refractivity contribution >= 4 is 18.5 Å². The minimum atomic E-state index is -0.491. The molecular formula is C25H35N3O3. The maximum absolute atomic E-state index is 12.1. The van der Waals surface area contributed by atoms with Crippen LogP contribution in [0.1, 0.15) is 70.0 Å². The fourth-order valence-electron chi connectivity index (χ4n) is 5.89. The van der Waals surface area contributed by atoms with E-state index in [2.05, 4.69) is 47.2 Å². The van der Waals surface area contributed by atoms with Crippen molar-refractivity contribution in [3.8, 4) is 0 Å². The van der Waals surface area contributed by atoms with Gasteiger partial charge in [0.05, 0.1) is 24.0 Å². The molecule has 2 fully saturated rings. The van der Waals surface area contributed by atoms with Crippen LogP contribution >= 0.6 is 0 Å². The molecule has 168 valence electrons. The van der Waals surface area contributed by atoms with Gasteiger partial charge in [0.25, 0.3) is 0 Å². The van der Waals surface area contributed by atoms with Crippen molar-refractivity contribution in [1.29, 1.82) is 0 Å². The molecule has 2 N–H and O–H groups in total. The third kappa shape index (κ3) is 3.98. The summed E-state index contributed by atoms with van der Waals surface area (Å²) >= 11 is 0. The summed E-state index contributed by atoms with van der Waals surface area (Å²) in [6, 6.07) is 8.68. The van der Waals surface area contributed by atoms with Gasteiger partial charge in [0, 0.05) is 24.6 Å². The molecule has 2 saturated carbocycles. The van der Waals surface area contributed by atoms with Crippen LogP contribution in [0.25, 0.3) is 5.70 Å². The van der Waals surface area contributed by atoms with Crippen LogP contribution in [-0.4, -0.2) is 47.6 Å². The first-order valence-corrected chi connectivity index (χ1v) is 11.3. The van der Waals surface area contributed by atoms with E-state index in [0.717, 1.165) is 37.8 Å². The lowest BCUT2D eigenvalue weighted by molar-refractivity contribution is -0.159. The molecule has 1 aromatic carbocycles. The van der Waals surface area contributed by atoms with E-state index in [9.17, 15) is 9.90 Å². The van der Waals surface area contributed by atoms with E-state index >= 15 is 0 Å². The molecule has 1 spiro atoms. The highest BCUT2D eigenvalue weighted by Crippen LogP contribution is 2.61. The van der Waals surface area contributed by atoms with Crippen LogP contribution in [0.5, 0.6) is 0 Å². The molecule has 3 atom stereocenters. The van der Waals surface area contributed by atoms with Gasteiger partial charge in [-0.05, 0) is 70.6 Å². The van der Waals surface area contributed by atoms with E-state index in [-0.39, 0.29) is 35.6 Å². The second kappa shape index (κ2) is 7.97. The summed E-state index contributed by atoms with van der Waals surface area (Å²) in [4.78, 5) is 18.3. The minimum Gasteiger partial charge on any atom is -0.444 e. The molecule has 0 aromatic heterocycles. The van der Waals surface area contributed by atoms with Crippen LogP contribution in [-0.2, 0) is 4.74 Å². The summed E-state index contributed by atoms with van der Waals surface area (Å²) in [5.74, 6) is 0.192. The van der Waals surface area contributed by atoms with Crippen molar-refractivity contribution in [2.24, 2.45) is 16.3 Å². The Hall–Kier alpha value is -2.34. The molecule has 0 unspecified atom stereocenters. The van der Waals surface area contributed by atoms with Gasteiger partial charge in [0.2, 0.25) is 0 Å². The maximum Gasteiger partial charge on any atom is 0.407 e. The third-order valence-electron chi connectivity index (χ3n) is 7.35. The Morgan fingerprint density at radius 2 is 2.00 bits per heavy atom. The summed E-state index contributed by atoms with van der Waals surface area (Å²) in [5.41, 5.74) is 2.99. The number of fused-ring (bicyclic) bond motifs is 1. The number of aliphatic hydroxyl groups excluding tert-OH is 1. The zero-order chi connectivity index (χ0) is 22.4. The van der Waals surface area contributed by atoms with E-state index in [0.29, 0.717) is 0 Å². The number of benzene rings is 1. The third-order valence-corrected chi connectivity index (χ3v) is 7.35. The van der Waals surface area contributed by atoms with Crippen molar-refractivity contribution < 1.29 is 14.6 Å². The number of alkyl carbamates (subject to hydrolysis) is 1. The number of hydrogen-bond donors (Lipinski definition) is 2. The first kappa shape index (κ1) is 21.9. The molecule has 1 heterocycles. The molecule has 0 saturated heterocycles. The van der Waals surface area contributed by atoms with Crippen LogP contribution in [0.2, 0.25) is 0 Å². The molecule has 3 aliphatic rings. The highest BCUT2D eigenvalue weighted by atomic mass is 16.6. The molecule has 1 aromatic rings. The number of nitrogens with one attached hydrogen (secondary N) is 1. The van der Waals surface area contributed by atoms with Crippen molar-refractivity contribution in [3.63, 3.8) is 0 Å². The normalized spacial score (nSPS) is 33.7. The fraction of sp³-hybridized carbons (Fsp3) is 0.600. The smallest absolute Gasteiger partial charge is 0.407 e. The van der Waals surface area contributed by atoms with Crippen LogP contribution in [0.4, 0.5) is 4.79 Å². The zero-order valence-electron chi connectivity index (χ0n) is 19.1. The lowest BCUT2D eigenvalue weighted by atomic mass is 9.51. The van der Waals surface area contributed by atoms with Crippen LogP contribution in [0, 0.1) is 11.3 Å². The predicted molar refractivity (Wildman–Crippen MR) is 123 cm³/mol. The van der Waals surface area contributed by atoms with E-state index in [1.165, 1.54) is 11.1 Å². The summed E-state index contributed by atoms with van der Waals surface area (Å²) in [5, 5.41) is 14.3. The molecule has 2 aliphatic carbocycles. The monoisotopic (exact) mass is 425 g/mol. The number of hydrogen-bond acceptors (Lipinski definition) is 5. The summed E-state index contributed by atoms with van der Waals surface area (Å²) in [7, 11) is 2.08. The number of carbonyl (C=O) groups excluding carboxylic acids is 1. The van der Waals surface area contributed by atoms with Crippen molar-refractivity contribution in [2.75, 3.05) is 7.05 Å². The molecule has 1 aliphatic heterocycles. The number of amides is 1. The standard InChI is InChI=1S/C25H35N3O3/c1-24(2,3)31-23(30)27-16-10-12-25(13-11-16)14-19(22(25)29)21-18-9-7-6-8-17(18)20(15-26-4)28(21)5/h6-9,15-16,19,21-22,29H,4,10-14H2,1-3,5H3,(H,27,30)/b20-15-/t16?,19-,21-,22-,25?/m1/s1. The molecule has 0 radical (unpaired) electrons. The van der Waals surface area contributed by atoms with Crippen molar-refractivity contribution in [1.82, 2.24) is 10.2 Å². The number of carbonyl (C=O) groups is 1. The molecule has 31 heavy (non-hydrogen) atoms. The van der Waals surface area contributed by atoms with Crippen LogP contribution < -0.4 is 5.32 Å². The molecule has 1 amide bonds. The maximum atomic E-state index is 12.1. The van der Waals surface area contributed by atoms with Gasteiger partial charge in [-0.3, -0.25) is 4.99 Å². The zero-order valence-corrected chi connectivity index (χ0v) is 19.1. The Kier molecular flexibility index (Phi) is 5.63. The number of nitrogens with zero attached hydrogens (tertiary/aromatic N) is 2. The van der Waals surface area contributed by atoms with Gasteiger partial charge >= 0.3 is 6.09 Å². The van der Waals surface area contributed by atoms with E-state index in [4.69, 9.17) is 4.74 Å². The highest BCUT2D eigenvalue weighted by molar-refractivity contribution is 5.72. The molecular weight excluding hydrogens is 390 g/mol. The van der Waals surface area contributed by atoms with E-state index in [1.54, 1.807) is 0 Å². The predicted octanol–water partition coefficient (Wildman–Crippen LogP) is 4.51. The van der Waals surface area contributed by atoms with Gasteiger partial charge in [-0.2, -0.15) is 0 Å². The topological polar surface area (TPSA) is 74.2 Å². The molecule has 4 rings (SSSR count). The van der Waals surface area contributed by atoms with E-state index < -0.39 is 5.60 Å². The van der Waals surface area contributed by atoms with Gasteiger partial charge in [0.1, 0.15) is 5.60 Å². The van der Waals surface area contributed by atoms with Gasteiger partial charge in [-0.15, -0.1) is 0 Å². The number of rotatable bonds is 3. The second-order valence-electron chi connectivity index (χ2n) is 10.4. The largest absolute Gasteiger partial charge is 0.444 e. The lowest BCUT2D eigenvalue weighted by Crippen LogP contribution is -2.58. The van der Waals surface area contributed by atoms with Crippen molar-refractivity contribution in [2.45, 2.75) is 76.7 Å². The summed E-state index contributed by atoms with van der Waals surface area (Å²) < 4.78 is 5.39. The van der Waals surface area contributed by atoms with E-state index in [1.807, 2.05) is 33.0 Å². The van der Waals surface area contributed by atoms with Gasteiger partial charge in [-0.1, -0.05) is 24.3 Å². The number of aliphatic hydroxyl groups is 1. The van der Waals surface area contributed by atoms with Gasteiger partial charge in [-0.25, -0.2) is 4.79 Å². The number of aliphatic imine (C=N–C) groups is 1. The van der Waals surface area contributed by atoms with Crippen LogP contribution in [0.15, 0.2) is 35.5 Å². The molecule has 6 nitrogen and oxygen atoms in total. The first-order valence-electron chi connectivity index (χ1n) is 11.3. The molecule has 6 heteroatoms. The average molecular weight is 426 g/mol. The average Bonchev–Trinajstić information content (AvgIpc) is 2.97. The minimum absolute atomic E-state index is 0.0320. The van der Waals surface area contributed by atoms with Crippen LogP contribution in [0.3, 0.4) is 0 Å². The molecule has 0 bridgehead atoms. The second-order valence-corrected chi connectivity index (χ2v) is 10.4. The Labute approximate surface area is 185 Å². The fourth-order valence-corrected chi connectivity index (χ4v) is 5.89. The number of ether oxygens (including phenoxy) is 1. The Balaban J connectivity index is 1.40. The van der Waals surface area contributed by atoms with Crippen molar-refractivity contribution in [3.05, 3.63) is 41.6 Å². The Morgan fingerprint density at radius 1 is 1.32 bits per heavy atom. The lowest BCUT2D eigenvalue weighted by Gasteiger charge is -2.58. The Morgan fingerprint density at radius 3 is 2.61 bits per heavy atom. The van der Waals surface area contributed by atoms with Gasteiger partial charge < -0.3 is 20.1 Å². The summed E-state index contributed by atoms with van der Waals surface area (Å²) in [6.45, 7) is 9.24. The quantitative estimate of drug-likeness (QED) is 0.699. The van der Waals surface area contributed by atoms with Gasteiger partial charge in [0.15, 0.2) is 0 Å². The SMILES string of the molecule is C=N/C=C1/c2ccccc2[C@H]([C@H]2CC3(CCC(NC(=O)OC(C)(C)C)CC3)[C@@H]2O)N1C.